The third-order valence-corrected chi connectivity index (χ3v) is 4.47. The Kier molecular flexibility index (Phi) is 5.93. The van der Waals surface area contributed by atoms with E-state index >= 15 is 0 Å². The maximum Gasteiger partial charge on any atom is 0.322 e. The number of amides is 2. The lowest BCUT2D eigenvalue weighted by Gasteiger charge is -2.13. The van der Waals surface area contributed by atoms with Crippen molar-refractivity contribution in [1.82, 2.24) is 10.2 Å². The molecule has 2 rings (SSSR count). The van der Waals surface area contributed by atoms with Crippen molar-refractivity contribution in [2.75, 3.05) is 13.1 Å². The first-order chi connectivity index (χ1) is 11.4. The van der Waals surface area contributed by atoms with Gasteiger partial charge in [0.25, 0.3) is 5.91 Å². The number of hydrogen-bond acceptors (Lipinski definition) is 6. The number of aromatic hydroxyl groups is 1. The molecule has 0 radical (unpaired) electrons. The van der Waals surface area contributed by atoms with Gasteiger partial charge in [0.15, 0.2) is 0 Å². The Hall–Kier alpha value is -2.39. The average molecular weight is 366 g/mol. The highest BCUT2D eigenvalue weighted by molar-refractivity contribution is 8.26. The Morgan fingerprint density at radius 2 is 2.04 bits per heavy atom. The monoisotopic (exact) mass is 366 g/mol. The minimum Gasteiger partial charge on any atom is -0.507 e. The van der Waals surface area contributed by atoms with Gasteiger partial charge in [0, 0.05) is 18.5 Å². The van der Waals surface area contributed by atoms with Crippen molar-refractivity contribution in [3.05, 3.63) is 34.7 Å². The third kappa shape index (κ3) is 4.56. The van der Waals surface area contributed by atoms with E-state index in [1.54, 1.807) is 24.3 Å². The highest BCUT2D eigenvalue weighted by Gasteiger charge is 2.32. The van der Waals surface area contributed by atoms with Crippen LogP contribution in [0.3, 0.4) is 0 Å². The molecule has 1 saturated heterocycles. The number of phenolic OH excluding ortho intramolecular Hbond substituents is 1. The van der Waals surface area contributed by atoms with Gasteiger partial charge in [0.05, 0.1) is 4.91 Å². The topological polar surface area (TPSA) is 107 Å². The Bertz CT molecular complexity index is 732. The van der Waals surface area contributed by atoms with Gasteiger partial charge in [-0.2, -0.15) is 0 Å². The van der Waals surface area contributed by atoms with E-state index in [1.807, 2.05) is 0 Å². The number of phenols is 1. The Morgan fingerprint density at radius 1 is 1.33 bits per heavy atom. The van der Waals surface area contributed by atoms with Crippen LogP contribution in [0.1, 0.15) is 12.0 Å². The number of carboxylic acids is 1. The van der Waals surface area contributed by atoms with Crippen molar-refractivity contribution in [3.8, 4) is 5.75 Å². The second-order valence-electron chi connectivity index (χ2n) is 4.81. The normalized spacial score (nSPS) is 15.8. The summed E-state index contributed by atoms with van der Waals surface area (Å²) in [6.45, 7) is -0.404. The molecule has 1 aliphatic heterocycles. The molecule has 7 nitrogen and oxygen atoms in total. The summed E-state index contributed by atoms with van der Waals surface area (Å²) in [4.78, 5) is 35.9. The van der Waals surface area contributed by atoms with Crippen molar-refractivity contribution < 1.29 is 24.6 Å². The van der Waals surface area contributed by atoms with E-state index in [1.165, 1.54) is 11.0 Å². The van der Waals surface area contributed by atoms with Gasteiger partial charge in [-0.1, -0.05) is 42.2 Å². The Morgan fingerprint density at radius 3 is 2.71 bits per heavy atom. The Labute approximate surface area is 147 Å². The first-order valence-corrected chi connectivity index (χ1v) is 8.13. The number of carbonyl (C=O) groups excluding carboxylic acids is 2. The molecule has 0 unspecified atom stereocenters. The number of nitrogens with zero attached hydrogens (tertiary/aromatic N) is 1. The molecule has 3 N–H and O–H groups in total. The van der Waals surface area contributed by atoms with E-state index in [9.17, 15) is 19.5 Å². The van der Waals surface area contributed by atoms with Crippen molar-refractivity contribution in [2.24, 2.45) is 0 Å². The largest absolute Gasteiger partial charge is 0.507 e. The standard InChI is InChI=1S/C15H14N2O5S2/c18-10-4-2-1-3-9(10)7-11-14(22)17(15(23)24-11)6-5-12(19)16-8-13(20)21/h1-4,7,18H,5-6,8H2,(H,16,19)(H,20,21)/b11-7-. The number of para-hydroxylation sites is 1. The highest BCUT2D eigenvalue weighted by atomic mass is 32.2. The molecule has 1 aromatic rings. The zero-order valence-corrected chi connectivity index (χ0v) is 14.0. The van der Waals surface area contributed by atoms with Crippen molar-refractivity contribution >= 4 is 52.2 Å². The van der Waals surface area contributed by atoms with Crippen molar-refractivity contribution in [3.63, 3.8) is 0 Å². The minimum absolute atomic E-state index is 0.0517. The summed E-state index contributed by atoms with van der Waals surface area (Å²) in [6, 6.07) is 6.59. The fourth-order valence-corrected chi connectivity index (χ4v) is 3.22. The van der Waals surface area contributed by atoms with Crippen molar-refractivity contribution in [1.29, 1.82) is 0 Å². The SMILES string of the molecule is O=C(O)CNC(=O)CCN1C(=O)/C(=C/c2ccccc2O)SC1=S. The first-order valence-electron chi connectivity index (χ1n) is 6.90. The summed E-state index contributed by atoms with van der Waals surface area (Å²) in [6.07, 6.45) is 1.49. The fourth-order valence-electron chi connectivity index (χ4n) is 1.92. The number of rotatable bonds is 6. The predicted molar refractivity (Wildman–Crippen MR) is 93.2 cm³/mol. The number of thiocarbonyl (C=S) groups is 1. The second-order valence-corrected chi connectivity index (χ2v) is 6.49. The molecule has 2 amide bonds. The van der Waals surface area contributed by atoms with Crippen molar-refractivity contribution in [2.45, 2.75) is 6.42 Å². The van der Waals surface area contributed by atoms with Crippen LogP contribution in [0, 0.1) is 0 Å². The summed E-state index contributed by atoms with van der Waals surface area (Å²) in [5.41, 5.74) is 0.497. The number of carboxylic acid groups (broad SMARTS) is 1. The summed E-state index contributed by atoms with van der Waals surface area (Å²) >= 11 is 6.23. The van der Waals surface area contributed by atoms with E-state index in [0.717, 1.165) is 11.8 Å². The molecule has 0 aliphatic carbocycles. The van der Waals surface area contributed by atoms with Crippen LogP contribution in [0.4, 0.5) is 0 Å². The number of nitrogens with one attached hydrogen (secondary N) is 1. The molecule has 1 aliphatic rings. The third-order valence-electron chi connectivity index (χ3n) is 3.10. The van der Waals surface area contributed by atoms with Crippen LogP contribution >= 0.6 is 24.0 Å². The lowest BCUT2D eigenvalue weighted by molar-refractivity contribution is -0.138. The predicted octanol–water partition coefficient (Wildman–Crippen LogP) is 1.18. The number of aliphatic carboxylic acids is 1. The molecule has 1 aromatic carbocycles. The molecule has 0 aromatic heterocycles. The quantitative estimate of drug-likeness (QED) is 0.513. The number of thioether (sulfide) groups is 1. The lowest BCUT2D eigenvalue weighted by Crippen LogP contribution is -2.35. The average Bonchev–Trinajstić information content (AvgIpc) is 2.79. The van der Waals surface area contributed by atoms with Crippen LogP contribution in [0.5, 0.6) is 5.75 Å². The van der Waals surface area contributed by atoms with E-state index < -0.39 is 18.4 Å². The van der Waals surface area contributed by atoms with Crippen LogP contribution in [0.2, 0.25) is 0 Å². The van der Waals surface area contributed by atoms with Crippen LogP contribution in [0.15, 0.2) is 29.2 Å². The molecule has 126 valence electrons. The van der Waals surface area contributed by atoms with Gasteiger partial charge in [-0.3, -0.25) is 19.3 Å². The lowest BCUT2D eigenvalue weighted by atomic mass is 10.2. The smallest absolute Gasteiger partial charge is 0.322 e. The number of hydrogen-bond donors (Lipinski definition) is 3. The molecule has 1 heterocycles. The zero-order valence-electron chi connectivity index (χ0n) is 12.4. The maximum absolute atomic E-state index is 12.4. The molecule has 0 spiro atoms. The van der Waals surface area contributed by atoms with Crippen LogP contribution in [0.25, 0.3) is 6.08 Å². The zero-order chi connectivity index (χ0) is 17.7. The van der Waals surface area contributed by atoms with Gasteiger partial charge in [-0.15, -0.1) is 0 Å². The highest BCUT2D eigenvalue weighted by Crippen LogP contribution is 2.33. The summed E-state index contributed by atoms with van der Waals surface area (Å²) in [7, 11) is 0. The molecule has 1 fully saturated rings. The maximum atomic E-state index is 12.4. The molecule has 0 saturated carbocycles. The molecule has 0 bridgehead atoms. The van der Waals surface area contributed by atoms with Gasteiger partial charge in [-0.05, 0) is 12.1 Å². The molecular formula is C15H14N2O5S2. The summed E-state index contributed by atoms with van der Waals surface area (Å²) < 4.78 is 0.313. The second kappa shape index (κ2) is 7.93. The van der Waals surface area contributed by atoms with Gasteiger partial charge >= 0.3 is 5.97 Å². The minimum atomic E-state index is -1.14. The fraction of sp³-hybridized carbons (Fsp3) is 0.200. The molecule has 9 heteroatoms. The van der Waals surface area contributed by atoms with Gasteiger partial charge in [-0.25, -0.2) is 0 Å². The van der Waals surface area contributed by atoms with Crippen LogP contribution in [-0.2, 0) is 14.4 Å². The van der Waals surface area contributed by atoms with E-state index in [4.69, 9.17) is 17.3 Å². The number of carbonyl (C=O) groups is 3. The van der Waals surface area contributed by atoms with E-state index in [-0.39, 0.29) is 24.6 Å². The van der Waals surface area contributed by atoms with Gasteiger partial charge < -0.3 is 15.5 Å². The molecule has 0 atom stereocenters. The number of benzene rings is 1. The van der Waals surface area contributed by atoms with Gasteiger partial charge in [0.2, 0.25) is 5.91 Å². The Balaban J connectivity index is 2.00. The molecule has 24 heavy (non-hydrogen) atoms. The summed E-state index contributed by atoms with van der Waals surface area (Å²) in [5, 5.41) is 20.5. The van der Waals surface area contributed by atoms with Crippen LogP contribution in [-0.4, -0.2) is 50.3 Å². The molecular weight excluding hydrogens is 352 g/mol. The summed E-state index contributed by atoms with van der Waals surface area (Å²) in [5.74, 6) is -1.91. The van der Waals surface area contributed by atoms with E-state index in [0.29, 0.717) is 14.8 Å². The first kappa shape index (κ1) is 18.0. The van der Waals surface area contributed by atoms with Gasteiger partial charge in [0.1, 0.15) is 16.6 Å². The van der Waals surface area contributed by atoms with E-state index in [2.05, 4.69) is 5.32 Å². The van der Waals surface area contributed by atoms with Crippen LogP contribution < -0.4 is 5.32 Å².